The van der Waals surface area contributed by atoms with E-state index in [2.05, 4.69) is 33.0 Å². The first kappa shape index (κ1) is 13.5. The maximum absolute atomic E-state index is 11.2. The van der Waals surface area contributed by atoms with Crippen LogP contribution in [0.15, 0.2) is 0 Å². The first-order chi connectivity index (χ1) is 6.37. The standard InChI is InChI=1S/C12H25NO/c1-6-11(14)13-12(4,5)9-7-8-10(2)3/h10H,6-9H2,1-5H3,(H,13,14). The number of hydrogen-bond donors (Lipinski definition) is 1. The van der Waals surface area contributed by atoms with Gasteiger partial charge in [-0.05, 0) is 26.2 Å². The molecule has 0 bridgehead atoms. The van der Waals surface area contributed by atoms with Crippen LogP contribution < -0.4 is 5.32 Å². The van der Waals surface area contributed by atoms with Crippen LogP contribution in [0.25, 0.3) is 0 Å². The average molecular weight is 199 g/mol. The quantitative estimate of drug-likeness (QED) is 0.699. The molecule has 2 nitrogen and oxygen atoms in total. The molecule has 0 radical (unpaired) electrons. The van der Waals surface area contributed by atoms with Gasteiger partial charge in [0.05, 0.1) is 0 Å². The monoisotopic (exact) mass is 199 g/mol. The Morgan fingerprint density at radius 1 is 1.36 bits per heavy atom. The van der Waals surface area contributed by atoms with E-state index in [1.807, 2.05) is 6.92 Å². The van der Waals surface area contributed by atoms with E-state index >= 15 is 0 Å². The lowest BCUT2D eigenvalue weighted by Gasteiger charge is -2.26. The van der Waals surface area contributed by atoms with Gasteiger partial charge in [-0.1, -0.05) is 33.6 Å². The van der Waals surface area contributed by atoms with Crippen LogP contribution in [-0.4, -0.2) is 11.4 Å². The highest BCUT2D eigenvalue weighted by atomic mass is 16.1. The van der Waals surface area contributed by atoms with Gasteiger partial charge in [-0.15, -0.1) is 0 Å². The lowest BCUT2D eigenvalue weighted by atomic mass is 9.94. The Morgan fingerprint density at radius 2 is 1.93 bits per heavy atom. The fourth-order valence-corrected chi connectivity index (χ4v) is 1.48. The molecule has 0 saturated heterocycles. The Morgan fingerprint density at radius 3 is 2.36 bits per heavy atom. The molecular weight excluding hydrogens is 174 g/mol. The summed E-state index contributed by atoms with van der Waals surface area (Å²) in [5.41, 5.74) is -0.0397. The molecule has 0 saturated carbocycles. The molecule has 14 heavy (non-hydrogen) atoms. The summed E-state index contributed by atoms with van der Waals surface area (Å²) in [6.07, 6.45) is 4.07. The van der Waals surface area contributed by atoms with Crippen LogP contribution in [0.3, 0.4) is 0 Å². The predicted molar refractivity (Wildman–Crippen MR) is 61.2 cm³/mol. The SMILES string of the molecule is CCC(=O)NC(C)(C)CCCC(C)C. The molecule has 0 aromatic heterocycles. The Kier molecular flexibility index (Phi) is 5.82. The van der Waals surface area contributed by atoms with E-state index in [9.17, 15) is 4.79 Å². The van der Waals surface area contributed by atoms with Crippen molar-refractivity contribution in [2.75, 3.05) is 0 Å². The Bertz CT molecular complexity index is 173. The molecule has 0 aliphatic heterocycles. The average Bonchev–Trinajstić information content (AvgIpc) is 2.02. The molecule has 0 rings (SSSR count). The molecular formula is C12H25NO. The van der Waals surface area contributed by atoms with Crippen LogP contribution in [0.5, 0.6) is 0 Å². The maximum Gasteiger partial charge on any atom is 0.220 e. The van der Waals surface area contributed by atoms with Gasteiger partial charge in [0.15, 0.2) is 0 Å². The van der Waals surface area contributed by atoms with E-state index < -0.39 is 0 Å². The molecule has 0 aromatic carbocycles. The molecule has 0 unspecified atom stereocenters. The van der Waals surface area contributed by atoms with Gasteiger partial charge in [0.1, 0.15) is 0 Å². The molecule has 0 heterocycles. The highest BCUT2D eigenvalue weighted by Gasteiger charge is 2.18. The second-order valence-corrected chi connectivity index (χ2v) is 5.07. The van der Waals surface area contributed by atoms with Gasteiger partial charge in [-0.25, -0.2) is 0 Å². The summed E-state index contributed by atoms with van der Waals surface area (Å²) >= 11 is 0. The molecule has 1 amide bonds. The van der Waals surface area contributed by atoms with Crippen LogP contribution in [-0.2, 0) is 4.79 Å². The van der Waals surface area contributed by atoms with Crippen molar-refractivity contribution in [2.45, 2.75) is 65.8 Å². The third-order valence-corrected chi connectivity index (χ3v) is 2.38. The van der Waals surface area contributed by atoms with Gasteiger partial charge in [0.25, 0.3) is 0 Å². The third-order valence-electron chi connectivity index (χ3n) is 2.38. The smallest absolute Gasteiger partial charge is 0.220 e. The molecule has 0 aliphatic carbocycles. The highest BCUT2D eigenvalue weighted by Crippen LogP contribution is 2.15. The van der Waals surface area contributed by atoms with Crippen molar-refractivity contribution in [2.24, 2.45) is 5.92 Å². The normalized spacial score (nSPS) is 11.9. The molecule has 1 N–H and O–H groups in total. The summed E-state index contributed by atoms with van der Waals surface area (Å²) in [6, 6.07) is 0. The number of hydrogen-bond acceptors (Lipinski definition) is 1. The molecule has 0 spiro atoms. The van der Waals surface area contributed by atoms with E-state index in [1.54, 1.807) is 0 Å². The van der Waals surface area contributed by atoms with Crippen LogP contribution >= 0.6 is 0 Å². The summed E-state index contributed by atoms with van der Waals surface area (Å²) in [5.74, 6) is 0.909. The molecule has 0 fully saturated rings. The van der Waals surface area contributed by atoms with Crippen molar-refractivity contribution in [3.63, 3.8) is 0 Å². The Labute approximate surface area is 88.5 Å². The highest BCUT2D eigenvalue weighted by molar-refractivity contribution is 5.76. The van der Waals surface area contributed by atoms with Crippen LogP contribution in [0.4, 0.5) is 0 Å². The summed E-state index contributed by atoms with van der Waals surface area (Å²) in [4.78, 5) is 11.2. The van der Waals surface area contributed by atoms with Gasteiger partial charge in [-0.3, -0.25) is 4.79 Å². The molecule has 84 valence electrons. The number of rotatable bonds is 6. The fourth-order valence-electron chi connectivity index (χ4n) is 1.48. The van der Waals surface area contributed by atoms with Crippen molar-refractivity contribution >= 4 is 5.91 Å². The summed E-state index contributed by atoms with van der Waals surface area (Å²) in [7, 11) is 0. The number of carbonyl (C=O) groups excluding carboxylic acids is 1. The van der Waals surface area contributed by atoms with E-state index in [1.165, 1.54) is 12.8 Å². The minimum Gasteiger partial charge on any atom is -0.351 e. The zero-order valence-corrected chi connectivity index (χ0v) is 10.3. The fraction of sp³-hybridized carbons (Fsp3) is 0.917. The van der Waals surface area contributed by atoms with Gasteiger partial charge >= 0.3 is 0 Å². The first-order valence-corrected chi connectivity index (χ1v) is 5.68. The van der Waals surface area contributed by atoms with Crippen molar-refractivity contribution < 1.29 is 4.79 Å². The third kappa shape index (κ3) is 6.93. The molecule has 2 heteroatoms. The summed E-state index contributed by atoms with van der Waals surface area (Å²) in [5, 5.41) is 3.04. The lowest BCUT2D eigenvalue weighted by molar-refractivity contribution is -0.122. The number of nitrogens with one attached hydrogen (secondary N) is 1. The van der Waals surface area contributed by atoms with Gasteiger partial charge < -0.3 is 5.32 Å². The minimum absolute atomic E-state index is 0.0397. The molecule has 0 atom stereocenters. The van der Waals surface area contributed by atoms with Gasteiger partial charge in [0, 0.05) is 12.0 Å². The first-order valence-electron chi connectivity index (χ1n) is 5.68. The second-order valence-electron chi connectivity index (χ2n) is 5.07. The maximum atomic E-state index is 11.2. The summed E-state index contributed by atoms with van der Waals surface area (Å²) in [6.45, 7) is 10.6. The van der Waals surface area contributed by atoms with Crippen molar-refractivity contribution in [1.82, 2.24) is 5.32 Å². The summed E-state index contributed by atoms with van der Waals surface area (Å²) < 4.78 is 0. The van der Waals surface area contributed by atoms with E-state index in [0.29, 0.717) is 6.42 Å². The Hall–Kier alpha value is -0.530. The van der Waals surface area contributed by atoms with E-state index in [0.717, 1.165) is 12.3 Å². The van der Waals surface area contributed by atoms with Gasteiger partial charge in [-0.2, -0.15) is 0 Å². The van der Waals surface area contributed by atoms with Crippen LogP contribution in [0.2, 0.25) is 0 Å². The van der Waals surface area contributed by atoms with Crippen LogP contribution in [0.1, 0.15) is 60.3 Å². The van der Waals surface area contributed by atoms with Crippen molar-refractivity contribution in [1.29, 1.82) is 0 Å². The van der Waals surface area contributed by atoms with Crippen molar-refractivity contribution in [3.8, 4) is 0 Å². The van der Waals surface area contributed by atoms with Crippen molar-refractivity contribution in [3.05, 3.63) is 0 Å². The molecule has 0 aliphatic rings. The van der Waals surface area contributed by atoms with E-state index in [-0.39, 0.29) is 11.4 Å². The molecule has 0 aromatic rings. The van der Waals surface area contributed by atoms with E-state index in [4.69, 9.17) is 0 Å². The predicted octanol–water partition coefficient (Wildman–Crippen LogP) is 3.12. The Balaban J connectivity index is 3.77. The van der Waals surface area contributed by atoms with Crippen LogP contribution in [0, 0.1) is 5.92 Å². The topological polar surface area (TPSA) is 29.1 Å². The number of carbonyl (C=O) groups is 1. The zero-order valence-electron chi connectivity index (χ0n) is 10.3. The number of amides is 1. The second kappa shape index (κ2) is 6.05. The lowest BCUT2D eigenvalue weighted by Crippen LogP contribution is -2.43. The minimum atomic E-state index is -0.0397. The zero-order chi connectivity index (χ0) is 11.2. The largest absolute Gasteiger partial charge is 0.351 e. The van der Waals surface area contributed by atoms with Gasteiger partial charge in [0.2, 0.25) is 5.91 Å².